The first-order valence-electron chi connectivity index (χ1n) is 5.38. The molecule has 1 heterocycles. The van der Waals surface area contributed by atoms with Gasteiger partial charge in [-0.05, 0) is 48.0 Å². The molecule has 90 valence electrons. The predicted molar refractivity (Wildman–Crippen MR) is 71.9 cm³/mol. The molecule has 0 fully saturated rings. The molecule has 1 aromatic rings. The molecule has 1 rings (SSSR count). The van der Waals surface area contributed by atoms with Crippen LogP contribution in [0.5, 0.6) is 0 Å². The molecule has 0 aromatic carbocycles. The summed E-state index contributed by atoms with van der Waals surface area (Å²) in [5.74, 6) is 0.144. The minimum Gasteiger partial charge on any atom is -0.355 e. The van der Waals surface area contributed by atoms with Gasteiger partial charge in [0.25, 0.3) is 0 Å². The number of aryl methyl sites for hydroxylation is 1. The standard InChI is InChI=1S/C11H17BrN2OS/c1-13-7-8-14-11(15)4-2-3-9-5-6-10(12)16-9/h5-6,13H,2-4,7-8H2,1H3,(H,14,15). The van der Waals surface area contributed by atoms with Gasteiger partial charge in [-0.15, -0.1) is 11.3 Å². The minimum absolute atomic E-state index is 0.144. The lowest BCUT2D eigenvalue weighted by molar-refractivity contribution is -0.121. The van der Waals surface area contributed by atoms with E-state index in [1.807, 2.05) is 13.1 Å². The van der Waals surface area contributed by atoms with Crippen molar-refractivity contribution in [2.24, 2.45) is 0 Å². The first-order valence-corrected chi connectivity index (χ1v) is 6.99. The molecule has 0 saturated carbocycles. The van der Waals surface area contributed by atoms with Crippen molar-refractivity contribution < 1.29 is 4.79 Å². The van der Waals surface area contributed by atoms with Crippen molar-refractivity contribution in [3.8, 4) is 0 Å². The van der Waals surface area contributed by atoms with Crippen LogP contribution in [-0.4, -0.2) is 26.0 Å². The molecule has 16 heavy (non-hydrogen) atoms. The van der Waals surface area contributed by atoms with Crippen LogP contribution in [0.15, 0.2) is 15.9 Å². The van der Waals surface area contributed by atoms with Crippen molar-refractivity contribution in [3.05, 3.63) is 20.8 Å². The van der Waals surface area contributed by atoms with Gasteiger partial charge in [0, 0.05) is 24.4 Å². The van der Waals surface area contributed by atoms with Gasteiger partial charge in [0.15, 0.2) is 0 Å². The minimum atomic E-state index is 0.144. The Balaban J connectivity index is 2.08. The monoisotopic (exact) mass is 304 g/mol. The van der Waals surface area contributed by atoms with Crippen molar-refractivity contribution in [1.29, 1.82) is 0 Å². The second kappa shape index (κ2) is 7.81. The highest BCUT2D eigenvalue weighted by atomic mass is 79.9. The number of hydrogen-bond donors (Lipinski definition) is 2. The number of nitrogens with one attached hydrogen (secondary N) is 2. The smallest absolute Gasteiger partial charge is 0.220 e. The van der Waals surface area contributed by atoms with E-state index in [0.717, 1.165) is 23.2 Å². The van der Waals surface area contributed by atoms with Crippen LogP contribution in [0.3, 0.4) is 0 Å². The van der Waals surface area contributed by atoms with E-state index in [9.17, 15) is 4.79 Å². The van der Waals surface area contributed by atoms with Gasteiger partial charge in [0.05, 0.1) is 3.79 Å². The second-order valence-electron chi connectivity index (χ2n) is 3.51. The molecule has 5 heteroatoms. The highest BCUT2D eigenvalue weighted by molar-refractivity contribution is 9.11. The Hall–Kier alpha value is -0.390. The topological polar surface area (TPSA) is 41.1 Å². The third kappa shape index (κ3) is 5.63. The normalized spacial score (nSPS) is 10.4. The van der Waals surface area contributed by atoms with E-state index in [4.69, 9.17) is 0 Å². The van der Waals surface area contributed by atoms with Crippen LogP contribution in [0, 0.1) is 0 Å². The average molecular weight is 305 g/mol. The molecule has 1 amide bonds. The van der Waals surface area contributed by atoms with Crippen LogP contribution < -0.4 is 10.6 Å². The Morgan fingerprint density at radius 3 is 2.88 bits per heavy atom. The van der Waals surface area contributed by atoms with Gasteiger partial charge in [-0.3, -0.25) is 4.79 Å². The molecule has 0 aliphatic carbocycles. The molecule has 0 radical (unpaired) electrons. The fourth-order valence-corrected chi connectivity index (χ4v) is 2.85. The first kappa shape index (κ1) is 13.7. The number of carbonyl (C=O) groups excluding carboxylic acids is 1. The van der Waals surface area contributed by atoms with E-state index < -0.39 is 0 Å². The van der Waals surface area contributed by atoms with Gasteiger partial charge in [0.2, 0.25) is 5.91 Å². The van der Waals surface area contributed by atoms with Gasteiger partial charge in [0.1, 0.15) is 0 Å². The van der Waals surface area contributed by atoms with Gasteiger partial charge in [-0.1, -0.05) is 0 Å². The van der Waals surface area contributed by atoms with E-state index in [2.05, 4.69) is 32.6 Å². The average Bonchev–Trinajstić information content (AvgIpc) is 2.65. The summed E-state index contributed by atoms with van der Waals surface area (Å²) in [5, 5.41) is 5.86. The summed E-state index contributed by atoms with van der Waals surface area (Å²) in [4.78, 5) is 12.7. The van der Waals surface area contributed by atoms with Crippen LogP contribution in [0.2, 0.25) is 0 Å². The summed E-state index contributed by atoms with van der Waals surface area (Å²) in [7, 11) is 1.88. The summed E-state index contributed by atoms with van der Waals surface area (Å²) in [6, 6.07) is 4.15. The van der Waals surface area contributed by atoms with E-state index in [0.29, 0.717) is 13.0 Å². The van der Waals surface area contributed by atoms with Crippen molar-refractivity contribution in [3.63, 3.8) is 0 Å². The van der Waals surface area contributed by atoms with E-state index in [1.54, 1.807) is 11.3 Å². The Kier molecular flexibility index (Phi) is 6.68. The molecule has 2 N–H and O–H groups in total. The number of amides is 1. The molecule has 0 unspecified atom stereocenters. The predicted octanol–water partition coefficient (Wildman–Crippen LogP) is 2.17. The quantitative estimate of drug-likeness (QED) is 0.758. The lowest BCUT2D eigenvalue weighted by Crippen LogP contribution is -2.30. The highest BCUT2D eigenvalue weighted by Crippen LogP contribution is 2.23. The number of likely N-dealkylation sites (N-methyl/N-ethyl adjacent to an activating group) is 1. The lowest BCUT2D eigenvalue weighted by atomic mass is 10.2. The fraction of sp³-hybridized carbons (Fsp3) is 0.545. The Labute approximate surface area is 109 Å². The molecule has 0 bridgehead atoms. The zero-order chi connectivity index (χ0) is 11.8. The largest absolute Gasteiger partial charge is 0.355 e. The molecule has 0 spiro atoms. The Morgan fingerprint density at radius 1 is 1.44 bits per heavy atom. The summed E-state index contributed by atoms with van der Waals surface area (Å²) >= 11 is 5.16. The third-order valence-corrected chi connectivity index (χ3v) is 3.84. The summed E-state index contributed by atoms with van der Waals surface area (Å²) in [5.41, 5.74) is 0. The number of carbonyl (C=O) groups is 1. The maximum atomic E-state index is 11.4. The fourth-order valence-electron chi connectivity index (χ4n) is 1.32. The zero-order valence-electron chi connectivity index (χ0n) is 9.38. The van der Waals surface area contributed by atoms with Crippen molar-refractivity contribution in [2.75, 3.05) is 20.1 Å². The summed E-state index contributed by atoms with van der Waals surface area (Å²) < 4.78 is 1.15. The maximum absolute atomic E-state index is 11.4. The molecule has 0 aliphatic heterocycles. The molecule has 1 aromatic heterocycles. The van der Waals surface area contributed by atoms with Gasteiger partial charge < -0.3 is 10.6 Å². The van der Waals surface area contributed by atoms with Gasteiger partial charge >= 0.3 is 0 Å². The molecule has 0 aliphatic rings. The summed E-state index contributed by atoms with van der Waals surface area (Å²) in [6.07, 6.45) is 2.51. The SMILES string of the molecule is CNCCNC(=O)CCCc1ccc(Br)s1. The van der Waals surface area contributed by atoms with Crippen molar-refractivity contribution in [1.82, 2.24) is 10.6 Å². The summed E-state index contributed by atoms with van der Waals surface area (Å²) in [6.45, 7) is 1.53. The molecule has 3 nitrogen and oxygen atoms in total. The van der Waals surface area contributed by atoms with E-state index >= 15 is 0 Å². The molecule has 0 atom stereocenters. The first-order chi connectivity index (χ1) is 7.72. The number of thiophene rings is 1. The zero-order valence-corrected chi connectivity index (χ0v) is 11.8. The van der Waals surface area contributed by atoms with Crippen LogP contribution in [0.4, 0.5) is 0 Å². The molecular weight excluding hydrogens is 288 g/mol. The van der Waals surface area contributed by atoms with Crippen LogP contribution in [0.25, 0.3) is 0 Å². The lowest BCUT2D eigenvalue weighted by Gasteiger charge is -2.03. The maximum Gasteiger partial charge on any atom is 0.220 e. The van der Waals surface area contributed by atoms with Crippen LogP contribution >= 0.6 is 27.3 Å². The number of halogens is 1. The number of rotatable bonds is 7. The van der Waals surface area contributed by atoms with Gasteiger partial charge in [-0.25, -0.2) is 0 Å². The van der Waals surface area contributed by atoms with Gasteiger partial charge in [-0.2, -0.15) is 0 Å². The molecular formula is C11H17BrN2OS. The van der Waals surface area contributed by atoms with E-state index in [-0.39, 0.29) is 5.91 Å². The molecule has 0 saturated heterocycles. The third-order valence-electron chi connectivity index (χ3n) is 2.15. The Morgan fingerprint density at radius 2 is 2.25 bits per heavy atom. The Bertz CT molecular complexity index is 328. The second-order valence-corrected chi connectivity index (χ2v) is 6.06. The van der Waals surface area contributed by atoms with Crippen LogP contribution in [-0.2, 0) is 11.2 Å². The van der Waals surface area contributed by atoms with Crippen molar-refractivity contribution >= 4 is 33.2 Å². The van der Waals surface area contributed by atoms with Crippen LogP contribution in [0.1, 0.15) is 17.7 Å². The van der Waals surface area contributed by atoms with Crippen molar-refractivity contribution in [2.45, 2.75) is 19.3 Å². The van der Waals surface area contributed by atoms with E-state index in [1.165, 1.54) is 4.88 Å². The number of hydrogen-bond acceptors (Lipinski definition) is 3. The highest BCUT2D eigenvalue weighted by Gasteiger charge is 2.02.